The predicted molar refractivity (Wildman–Crippen MR) is 131 cm³/mol. The van der Waals surface area contributed by atoms with E-state index in [2.05, 4.69) is 15.6 Å². The molecule has 1 aliphatic heterocycles. The maximum Gasteiger partial charge on any atom is 0.404 e. The summed E-state index contributed by atoms with van der Waals surface area (Å²) < 4.78 is 30.9. The Morgan fingerprint density at radius 3 is 2.53 bits per heavy atom. The molecule has 3 N–H and O–H groups in total. The highest BCUT2D eigenvalue weighted by molar-refractivity contribution is 6.31. The molecular formula is C24H19ClF2N6O3. The van der Waals surface area contributed by atoms with Crippen molar-refractivity contribution in [2.24, 2.45) is 0 Å². The fourth-order valence-electron chi connectivity index (χ4n) is 3.93. The van der Waals surface area contributed by atoms with Gasteiger partial charge in [0.15, 0.2) is 11.6 Å². The van der Waals surface area contributed by atoms with Crippen LogP contribution in [0, 0.1) is 23.0 Å². The lowest BCUT2D eigenvalue weighted by atomic mass is 10.0. The molecule has 3 amide bonds. The van der Waals surface area contributed by atoms with Gasteiger partial charge in [-0.1, -0.05) is 17.7 Å². The van der Waals surface area contributed by atoms with Crippen molar-refractivity contribution in [3.05, 3.63) is 64.8 Å². The van der Waals surface area contributed by atoms with Crippen LogP contribution in [0.5, 0.6) is 0 Å². The SMILES string of the molecule is CCN1C(=O)N(c2c(F)cc(NCCNC(=O)O)cc2F)c2cc(C#N)ccc2-c2cc(Cl)cnc21. The molecule has 0 bridgehead atoms. The number of amides is 3. The smallest absolute Gasteiger partial charge is 0.404 e. The van der Waals surface area contributed by atoms with E-state index in [0.717, 1.165) is 17.0 Å². The highest BCUT2D eigenvalue weighted by Crippen LogP contribution is 2.45. The number of carbonyl (C=O) groups excluding carboxylic acids is 1. The first-order valence-electron chi connectivity index (χ1n) is 10.8. The van der Waals surface area contributed by atoms with Gasteiger partial charge in [0.1, 0.15) is 11.5 Å². The number of fused-ring (bicyclic) bond motifs is 3. The van der Waals surface area contributed by atoms with Gasteiger partial charge in [-0.15, -0.1) is 0 Å². The number of anilines is 4. The molecular weight excluding hydrogens is 494 g/mol. The van der Waals surface area contributed by atoms with E-state index in [1.165, 1.54) is 23.2 Å². The lowest BCUT2D eigenvalue weighted by molar-refractivity contribution is 0.195. The van der Waals surface area contributed by atoms with Gasteiger partial charge >= 0.3 is 12.1 Å². The molecule has 36 heavy (non-hydrogen) atoms. The minimum absolute atomic E-state index is 0.00846. The summed E-state index contributed by atoms with van der Waals surface area (Å²) in [6.45, 7) is 1.91. The number of halogens is 3. The number of hydrogen-bond acceptors (Lipinski definition) is 5. The van der Waals surface area contributed by atoms with Crippen molar-refractivity contribution in [1.82, 2.24) is 10.3 Å². The Morgan fingerprint density at radius 1 is 1.17 bits per heavy atom. The van der Waals surface area contributed by atoms with Crippen LogP contribution in [0.25, 0.3) is 11.1 Å². The molecule has 0 aliphatic carbocycles. The summed E-state index contributed by atoms with van der Waals surface area (Å²) in [6, 6.07) is 9.29. The van der Waals surface area contributed by atoms with E-state index in [-0.39, 0.29) is 42.4 Å². The van der Waals surface area contributed by atoms with Gasteiger partial charge in [-0.2, -0.15) is 5.26 Å². The van der Waals surface area contributed by atoms with E-state index < -0.39 is 29.4 Å². The second kappa shape index (κ2) is 10.1. The summed E-state index contributed by atoms with van der Waals surface area (Å²) in [7, 11) is 0. The van der Waals surface area contributed by atoms with Gasteiger partial charge in [0.05, 0.1) is 22.3 Å². The standard InChI is InChI=1S/C24H19ClF2N6O3/c1-2-32-22-17(8-14(25)12-31-22)16-4-3-13(11-28)7-20(16)33(24(32)36)21-18(26)9-15(10-19(21)27)29-5-6-30-23(34)35/h3-4,7-10,12,29-30H,2,5-6H2,1H3,(H,34,35). The molecule has 9 nitrogen and oxygen atoms in total. The number of hydrogen-bond donors (Lipinski definition) is 3. The first-order valence-corrected chi connectivity index (χ1v) is 11.1. The number of urea groups is 1. The molecule has 4 rings (SSSR count). The van der Waals surface area contributed by atoms with Gasteiger partial charge in [0, 0.05) is 42.6 Å². The Hall–Kier alpha value is -4.43. The van der Waals surface area contributed by atoms with Gasteiger partial charge in [-0.25, -0.2) is 23.4 Å². The Labute approximate surface area is 209 Å². The molecule has 0 spiro atoms. The van der Waals surface area contributed by atoms with E-state index in [4.69, 9.17) is 16.7 Å². The molecule has 0 unspecified atom stereocenters. The Bertz CT molecular complexity index is 1390. The third-order valence-corrected chi connectivity index (χ3v) is 5.66. The van der Waals surface area contributed by atoms with Crippen LogP contribution in [0.4, 0.5) is 41.2 Å². The van der Waals surface area contributed by atoms with Crippen molar-refractivity contribution >= 4 is 46.6 Å². The number of pyridine rings is 1. The number of benzene rings is 2. The molecule has 0 saturated heterocycles. The van der Waals surface area contributed by atoms with Crippen LogP contribution in [0.2, 0.25) is 5.02 Å². The molecule has 1 aromatic heterocycles. The molecule has 184 valence electrons. The van der Waals surface area contributed by atoms with Crippen LogP contribution in [0.1, 0.15) is 12.5 Å². The first-order chi connectivity index (χ1) is 17.2. The van der Waals surface area contributed by atoms with Crippen LogP contribution in [-0.2, 0) is 0 Å². The Kier molecular flexibility index (Phi) is 6.89. The van der Waals surface area contributed by atoms with E-state index in [0.29, 0.717) is 16.1 Å². The molecule has 2 aromatic carbocycles. The fourth-order valence-corrected chi connectivity index (χ4v) is 4.09. The summed E-state index contributed by atoms with van der Waals surface area (Å²) in [5.74, 6) is -1.83. The lowest BCUT2D eigenvalue weighted by Gasteiger charge is -2.28. The topological polar surface area (TPSA) is 122 Å². The molecule has 0 radical (unpaired) electrons. The van der Waals surface area contributed by atoms with Gasteiger partial charge in [0.25, 0.3) is 0 Å². The zero-order valence-corrected chi connectivity index (χ0v) is 19.6. The zero-order chi connectivity index (χ0) is 26.0. The van der Waals surface area contributed by atoms with Crippen molar-refractivity contribution in [3.8, 4) is 17.2 Å². The van der Waals surface area contributed by atoms with Gasteiger partial charge in [-0.05, 0) is 37.3 Å². The minimum atomic E-state index is -1.23. The predicted octanol–water partition coefficient (Wildman–Crippen LogP) is 5.33. The molecule has 0 atom stereocenters. The van der Waals surface area contributed by atoms with Crippen LogP contribution < -0.4 is 20.4 Å². The lowest BCUT2D eigenvalue weighted by Crippen LogP contribution is -2.41. The number of carboxylic acid groups (broad SMARTS) is 1. The zero-order valence-electron chi connectivity index (χ0n) is 18.8. The average molecular weight is 513 g/mol. The monoisotopic (exact) mass is 512 g/mol. The summed E-state index contributed by atoms with van der Waals surface area (Å²) in [6.07, 6.45) is 0.146. The second-order valence-corrected chi connectivity index (χ2v) is 8.11. The Balaban J connectivity index is 1.86. The largest absolute Gasteiger partial charge is 0.465 e. The quantitative estimate of drug-likeness (QED) is 0.384. The Morgan fingerprint density at radius 2 is 1.89 bits per heavy atom. The van der Waals surface area contributed by atoms with E-state index in [1.54, 1.807) is 19.1 Å². The number of nitriles is 1. The maximum absolute atomic E-state index is 15.4. The van der Waals surface area contributed by atoms with Gasteiger partial charge in [0.2, 0.25) is 0 Å². The highest BCUT2D eigenvalue weighted by atomic mass is 35.5. The summed E-state index contributed by atoms with van der Waals surface area (Å²) in [5, 5.41) is 23.2. The fraction of sp³-hybridized carbons (Fsp3) is 0.167. The third-order valence-electron chi connectivity index (χ3n) is 5.46. The van der Waals surface area contributed by atoms with Gasteiger partial charge in [-0.3, -0.25) is 9.80 Å². The summed E-state index contributed by atoms with van der Waals surface area (Å²) in [5.41, 5.74) is 0.553. The summed E-state index contributed by atoms with van der Waals surface area (Å²) in [4.78, 5) is 30.7. The normalized spacial score (nSPS) is 12.4. The van der Waals surface area contributed by atoms with E-state index >= 15 is 8.78 Å². The van der Waals surface area contributed by atoms with Crippen LogP contribution >= 0.6 is 11.6 Å². The van der Waals surface area contributed by atoms with Crippen LogP contribution in [-0.4, -0.2) is 41.8 Å². The molecule has 3 aromatic rings. The number of nitrogens with one attached hydrogen (secondary N) is 2. The second-order valence-electron chi connectivity index (χ2n) is 7.68. The van der Waals surface area contributed by atoms with Crippen molar-refractivity contribution in [2.75, 3.05) is 34.8 Å². The molecule has 1 aliphatic rings. The van der Waals surface area contributed by atoms with E-state index in [9.17, 15) is 14.9 Å². The van der Waals surface area contributed by atoms with Gasteiger partial charge < -0.3 is 15.7 Å². The first kappa shape index (κ1) is 24.7. The van der Waals surface area contributed by atoms with Crippen LogP contribution in [0.3, 0.4) is 0 Å². The minimum Gasteiger partial charge on any atom is -0.465 e. The maximum atomic E-state index is 15.4. The van der Waals surface area contributed by atoms with E-state index in [1.807, 2.05) is 6.07 Å². The number of rotatable bonds is 6. The molecule has 0 fully saturated rings. The highest BCUT2D eigenvalue weighted by Gasteiger charge is 2.36. The summed E-state index contributed by atoms with van der Waals surface area (Å²) >= 11 is 6.18. The molecule has 2 heterocycles. The average Bonchev–Trinajstić information content (AvgIpc) is 2.93. The third kappa shape index (κ3) is 4.58. The molecule has 12 heteroatoms. The van der Waals surface area contributed by atoms with Crippen LogP contribution in [0.15, 0.2) is 42.6 Å². The molecule has 0 saturated carbocycles. The van der Waals surface area contributed by atoms with Crippen molar-refractivity contribution in [2.45, 2.75) is 6.92 Å². The van der Waals surface area contributed by atoms with Crippen molar-refractivity contribution in [1.29, 1.82) is 5.26 Å². The number of aromatic nitrogens is 1. The van der Waals surface area contributed by atoms with Crippen molar-refractivity contribution < 1.29 is 23.5 Å². The number of carbonyl (C=O) groups is 2. The van der Waals surface area contributed by atoms with Crippen molar-refractivity contribution in [3.63, 3.8) is 0 Å². The number of nitrogens with zero attached hydrogens (tertiary/aromatic N) is 4.